The van der Waals surface area contributed by atoms with Crippen LogP contribution >= 0.6 is 15.9 Å². The van der Waals surface area contributed by atoms with Crippen molar-refractivity contribution in [2.75, 3.05) is 18.9 Å². The Morgan fingerprint density at radius 2 is 2.18 bits per heavy atom. The van der Waals surface area contributed by atoms with Crippen LogP contribution in [0.5, 0.6) is 0 Å². The third-order valence-corrected chi connectivity index (χ3v) is 3.81. The molecule has 6 heteroatoms. The van der Waals surface area contributed by atoms with Crippen molar-refractivity contribution in [3.8, 4) is 0 Å². The zero-order chi connectivity index (χ0) is 11.8. The fraction of sp³-hybridized carbons (Fsp3) is 0.455. The van der Waals surface area contributed by atoms with Gasteiger partial charge in [0.15, 0.2) is 5.82 Å². The van der Waals surface area contributed by atoms with Crippen molar-refractivity contribution in [1.82, 2.24) is 14.6 Å². The van der Waals surface area contributed by atoms with Crippen LogP contribution in [0.2, 0.25) is 0 Å². The molecule has 0 saturated carbocycles. The standard InChI is InChI=1S/C11H13BrN4O/c12-8-5-9(7-1-3-17-4-2-7)16-10(8)11(13)14-6-15-16/h5-7H,1-4H2,(H2,13,14,15). The second-order valence-corrected chi connectivity index (χ2v) is 5.06. The van der Waals surface area contributed by atoms with E-state index >= 15 is 0 Å². The smallest absolute Gasteiger partial charge is 0.152 e. The van der Waals surface area contributed by atoms with Crippen LogP contribution in [0.4, 0.5) is 5.82 Å². The van der Waals surface area contributed by atoms with Crippen molar-refractivity contribution in [3.63, 3.8) is 0 Å². The lowest BCUT2D eigenvalue weighted by Crippen LogP contribution is -2.16. The van der Waals surface area contributed by atoms with Crippen LogP contribution in [-0.2, 0) is 4.74 Å². The van der Waals surface area contributed by atoms with Crippen molar-refractivity contribution >= 4 is 27.3 Å². The highest BCUT2D eigenvalue weighted by Crippen LogP contribution is 2.33. The molecule has 0 aromatic carbocycles. The Morgan fingerprint density at radius 1 is 1.41 bits per heavy atom. The van der Waals surface area contributed by atoms with E-state index in [4.69, 9.17) is 10.5 Å². The molecular weight excluding hydrogens is 284 g/mol. The van der Waals surface area contributed by atoms with Gasteiger partial charge in [-0.25, -0.2) is 9.50 Å². The minimum Gasteiger partial charge on any atom is -0.382 e. The number of halogens is 1. The van der Waals surface area contributed by atoms with E-state index in [1.54, 1.807) is 0 Å². The number of nitrogens with two attached hydrogens (primary N) is 1. The lowest BCUT2D eigenvalue weighted by molar-refractivity contribution is 0.0841. The van der Waals surface area contributed by atoms with Crippen LogP contribution in [0.25, 0.3) is 5.52 Å². The summed E-state index contributed by atoms with van der Waals surface area (Å²) in [6.45, 7) is 1.63. The number of ether oxygens (including phenoxy) is 1. The van der Waals surface area contributed by atoms with Gasteiger partial charge in [-0.15, -0.1) is 0 Å². The van der Waals surface area contributed by atoms with Gasteiger partial charge < -0.3 is 10.5 Å². The van der Waals surface area contributed by atoms with Crippen LogP contribution < -0.4 is 5.73 Å². The highest BCUT2D eigenvalue weighted by Gasteiger charge is 2.22. The molecule has 17 heavy (non-hydrogen) atoms. The highest BCUT2D eigenvalue weighted by molar-refractivity contribution is 9.10. The van der Waals surface area contributed by atoms with E-state index in [0.29, 0.717) is 11.7 Å². The molecule has 3 heterocycles. The summed E-state index contributed by atoms with van der Waals surface area (Å²) in [7, 11) is 0. The molecule has 0 aliphatic carbocycles. The Morgan fingerprint density at radius 3 is 2.94 bits per heavy atom. The van der Waals surface area contributed by atoms with Crippen LogP contribution in [-0.4, -0.2) is 27.8 Å². The summed E-state index contributed by atoms with van der Waals surface area (Å²) >= 11 is 3.52. The monoisotopic (exact) mass is 296 g/mol. The van der Waals surface area contributed by atoms with Crippen LogP contribution in [0.3, 0.4) is 0 Å². The van der Waals surface area contributed by atoms with E-state index < -0.39 is 0 Å². The van der Waals surface area contributed by atoms with E-state index in [1.807, 2.05) is 4.52 Å². The van der Waals surface area contributed by atoms with Gasteiger partial charge in [0.05, 0.1) is 0 Å². The molecule has 0 spiro atoms. The van der Waals surface area contributed by atoms with Crippen molar-refractivity contribution < 1.29 is 4.74 Å². The minimum atomic E-state index is 0.483. The Labute approximate surface area is 107 Å². The quantitative estimate of drug-likeness (QED) is 0.874. The van der Waals surface area contributed by atoms with E-state index in [1.165, 1.54) is 12.0 Å². The zero-order valence-electron chi connectivity index (χ0n) is 9.27. The molecular formula is C11H13BrN4O. The van der Waals surface area contributed by atoms with Gasteiger partial charge in [0, 0.05) is 29.3 Å². The predicted molar refractivity (Wildman–Crippen MR) is 67.9 cm³/mol. The fourth-order valence-electron chi connectivity index (χ4n) is 2.33. The lowest BCUT2D eigenvalue weighted by atomic mass is 9.97. The third kappa shape index (κ3) is 1.81. The van der Waals surface area contributed by atoms with Gasteiger partial charge in [0.25, 0.3) is 0 Å². The molecule has 0 amide bonds. The molecule has 2 aromatic heterocycles. The first-order valence-electron chi connectivity index (χ1n) is 5.62. The SMILES string of the molecule is Nc1ncnn2c(C3CCOCC3)cc(Br)c12. The van der Waals surface area contributed by atoms with Gasteiger partial charge in [-0.05, 0) is 34.8 Å². The Bertz CT molecular complexity index is 548. The normalized spacial score (nSPS) is 17.7. The number of fused-ring (bicyclic) bond motifs is 1. The Balaban J connectivity index is 2.13. The minimum absolute atomic E-state index is 0.483. The van der Waals surface area contributed by atoms with E-state index in [-0.39, 0.29) is 0 Å². The largest absolute Gasteiger partial charge is 0.382 e. The van der Waals surface area contributed by atoms with Crippen LogP contribution in [0.1, 0.15) is 24.5 Å². The maximum atomic E-state index is 5.87. The van der Waals surface area contributed by atoms with Crippen LogP contribution in [0, 0.1) is 0 Å². The first-order chi connectivity index (χ1) is 8.27. The van der Waals surface area contributed by atoms with Crippen molar-refractivity contribution in [3.05, 3.63) is 22.6 Å². The number of nitrogen functional groups attached to an aromatic ring is 1. The average molecular weight is 297 g/mol. The van der Waals surface area contributed by atoms with Gasteiger partial charge in [-0.2, -0.15) is 5.10 Å². The molecule has 90 valence electrons. The maximum Gasteiger partial charge on any atom is 0.152 e. The Kier molecular flexibility index (Phi) is 2.76. The number of rotatable bonds is 1. The lowest BCUT2D eigenvalue weighted by Gasteiger charge is -2.21. The number of anilines is 1. The maximum absolute atomic E-state index is 5.87. The average Bonchev–Trinajstić information content (AvgIpc) is 2.69. The molecule has 1 aliphatic heterocycles. The molecule has 1 saturated heterocycles. The second-order valence-electron chi connectivity index (χ2n) is 4.21. The highest BCUT2D eigenvalue weighted by atomic mass is 79.9. The summed E-state index contributed by atoms with van der Waals surface area (Å²) < 4.78 is 8.23. The number of hydrogen-bond donors (Lipinski definition) is 1. The summed E-state index contributed by atoms with van der Waals surface area (Å²) in [5, 5.41) is 4.29. The van der Waals surface area contributed by atoms with E-state index in [0.717, 1.165) is 36.0 Å². The molecule has 3 rings (SSSR count). The van der Waals surface area contributed by atoms with Crippen LogP contribution in [0.15, 0.2) is 16.9 Å². The zero-order valence-corrected chi connectivity index (χ0v) is 10.9. The first-order valence-corrected chi connectivity index (χ1v) is 6.42. The van der Waals surface area contributed by atoms with Gasteiger partial charge in [-0.3, -0.25) is 0 Å². The van der Waals surface area contributed by atoms with Gasteiger partial charge in [0.2, 0.25) is 0 Å². The molecule has 5 nitrogen and oxygen atoms in total. The molecule has 0 atom stereocenters. The number of nitrogens with zero attached hydrogens (tertiary/aromatic N) is 3. The fourth-order valence-corrected chi connectivity index (χ4v) is 2.94. The van der Waals surface area contributed by atoms with E-state index in [9.17, 15) is 0 Å². The Hall–Kier alpha value is -1.14. The third-order valence-electron chi connectivity index (χ3n) is 3.20. The van der Waals surface area contributed by atoms with Gasteiger partial charge >= 0.3 is 0 Å². The van der Waals surface area contributed by atoms with Crippen molar-refractivity contribution in [1.29, 1.82) is 0 Å². The first kappa shape index (κ1) is 11.0. The molecule has 1 aliphatic rings. The summed E-state index contributed by atoms with van der Waals surface area (Å²) in [5.41, 5.74) is 7.91. The number of hydrogen-bond acceptors (Lipinski definition) is 4. The molecule has 2 aromatic rings. The second kappa shape index (κ2) is 4.27. The molecule has 0 bridgehead atoms. The summed E-state index contributed by atoms with van der Waals surface area (Å²) in [5.74, 6) is 0.988. The van der Waals surface area contributed by atoms with Crippen molar-refractivity contribution in [2.24, 2.45) is 0 Å². The molecule has 2 N–H and O–H groups in total. The summed E-state index contributed by atoms with van der Waals surface area (Å²) in [4.78, 5) is 4.02. The van der Waals surface area contributed by atoms with Crippen molar-refractivity contribution in [2.45, 2.75) is 18.8 Å². The summed E-state index contributed by atoms with van der Waals surface area (Å²) in [6, 6.07) is 2.09. The summed E-state index contributed by atoms with van der Waals surface area (Å²) in [6.07, 6.45) is 3.56. The molecule has 0 unspecified atom stereocenters. The number of aromatic nitrogens is 3. The molecule has 0 radical (unpaired) electrons. The van der Waals surface area contributed by atoms with Gasteiger partial charge in [0.1, 0.15) is 11.8 Å². The van der Waals surface area contributed by atoms with Gasteiger partial charge in [-0.1, -0.05) is 0 Å². The topological polar surface area (TPSA) is 65.4 Å². The van der Waals surface area contributed by atoms with E-state index in [2.05, 4.69) is 32.1 Å². The molecule has 1 fully saturated rings. The predicted octanol–water partition coefficient (Wildman–Crippen LogP) is 1.97.